The second kappa shape index (κ2) is 7.73. The van der Waals surface area contributed by atoms with Crippen molar-refractivity contribution in [3.8, 4) is 0 Å². The van der Waals surface area contributed by atoms with Crippen LogP contribution in [0, 0.1) is 32.4 Å². The van der Waals surface area contributed by atoms with Crippen LogP contribution < -0.4 is 4.31 Å². The monoisotopic (exact) mass is 442 g/mol. The predicted molar refractivity (Wildman–Crippen MR) is 113 cm³/mol. The fourth-order valence-electron chi connectivity index (χ4n) is 3.41. The average molecular weight is 442 g/mol. The first-order valence-electron chi connectivity index (χ1n) is 9.53. The first kappa shape index (κ1) is 20.9. The van der Waals surface area contributed by atoms with E-state index < -0.39 is 21.7 Å². The van der Waals surface area contributed by atoms with Gasteiger partial charge in [-0.25, -0.2) is 17.2 Å². The molecule has 0 aliphatic heterocycles. The fraction of sp³-hybridized carbons (Fsp3) is 0.182. The molecule has 0 fully saturated rings. The summed E-state index contributed by atoms with van der Waals surface area (Å²) in [5.41, 5.74) is 2.76. The van der Waals surface area contributed by atoms with E-state index in [1.807, 2.05) is 32.0 Å². The maximum atomic E-state index is 14.0. The fourth-order valence-corrected chi connectivity index (χ4v) is 4.97. The molecule has 0 unspecified atom stereocenters. The van der Waals surface area contributed by atoms with Crippen molar-refractivity contribution >= 4 is 21.4 Å². The van der Waals surface area contributed by atoms with Crippen molar-refractivity contribution < 1.29 is 17.2 Å². The number of rotatable bonds is 5. The van der Waals surface area contributed by atoms with Gasteiger partial charge in [0.2, 0.25) is 0 Å². The minimum absolute atomic E-state index is 0.0121. The molecular formula is C22H20F2N4O2S. The number of pyridine rings is 1. The predicted octanol–water partition coefficient (Wildman–Crippen LogP) is 4.33. The molecule has 0 bridgehead atoms. The normalized spacial score (nSPS) is 11.8. The molecule has 4 rings (SSSR count). The van der Waals surface area contributed by atoms with Gasteiger partial charge in [-0.2, -0.15) is 0 Å². The first-order valence-corrected chi connectivity index (χ1v) is 11.0. The van der Waals surface area contributed by atoms with Crippen LogP contribution in [-0.2, 0) is 16.6 Å². The van der Waals surface area contributed by atoms with Crippen LogP contribution in [0.3, 0.4) is 0 Å². The number of hydrogen-bond acceptors (Lipinski definition) is 4. The number of aryl methyl sites for hydroxylation is 3. The zero-order chi connectivity index (χ0) is 22.3. The molecular weight excluding hydrogens is 422 g/mol. The lowest BCUT2D eigenvalue weighted by molar-refractivity contribution is 0.508. The highest BCUT2D eigenvalue weighted by Gasteiger charge is 2.29. The number of benzene rings is 2. The SMILES string of the molecule is Cc1ccc(C)c(CN(c2ccc(F)c(F)c2)S(=O)(=O)c2cccn3c(C)nnc23)c1. The van der Waals surface area contributed by atoms with Crippen LogP contribution in [0.2, 0.25) is 0 Å². The third-order valence-corrected chi connectivity index (χ3v) is 6.94. The molecule has 0 saturated carbocycles. The number of halogens is 2. The molecule has 0 atom stereocenters. The molecule has 4 aromatic rings. The Labute approximate surface area is 178 Å². The van der Waals surface area contributed by atoms with Crippen molar-refractivity contribution in [2.24, 2.45) is 0 Å². The van der Waals surface area contributed by atoms with Crippen LogP contribution in [0.5, 0.6) is 0 Å². The van der Waals surface area contributed by atoms with Gasteiger partial charge in [0.25, 0.3) is 10.0 Å². The average Bonchev–Trinajstić information content (AvgIpc) is 3.11. The van der Waals surface area contributed by atoms with E-state index in [1.165, 1.54) is 12.1 Å². The number of anilines is 1. The number of hydrogen-bond donors (Lipinski definition) is 0. The van der Waals surface area contributed by atoms with Gasteiger partial charge in [0.05, 0.1) is 12.2 Å². The van der Waals surface area contributed by atoms with Gasteiger partial charge in [-0.05, 0) is 56.2 Å². The van der Waals surface area contributed by atoms with Gasteiger partial charge in [-0.1, -0.05) is 23.8 Å². The van der Waals surface area contributed by atoms with Crippen molar-refractivity contribution in [2.75, 3.05) is 4.31 Å². The molecule has 0 radical (unpaired) electrons. The quantitative estimate of drug-likeness (QED) is 0.462. The van der Waals surface area contributed by atoms with E-state index in [9.17, 15) is 17.2 Å². The Morgan fingerprint density at radius 2 is 1.74 bits per heavy atom. The van der Waals surface area contributed by atoms with E-state index in [2.05, 4.69) is 10.2 Å². The minimum atomic E-state index is -4.20. The van der Waals surface area contributed by atoms with Crippen LogP contribution >= 0.6 is 0 Å². The zero-order valence-corrected chi connectivity index (χ0v) is 18.0. The van der Waals surface area contributed by atoms with E-state index >= 15 is 0 Å². The number of aromatic nitrogens is 3. The van der Waals surface area contributed by atoms with Crippen molar-refractivity contribution in [3.63, 3.8) is 0 Å². The van der Waals surface area contributed by atoms with Crippen molar-refractivity contribution in [1.29, 1.82) is 0 Å². The van der Waals surface area contributed by atoms with Crippen LogP contribution in [0.1, 0.15) is 22.5 Å². The lowest BCUT2D eigenvalue weighted by Crippen LogP contribution is -2.31. The third kappa shape index (κ3) is 3.76. The summed E-state index contributed by atoms with van der Waals surface area (Å²) < 4.78 is 57.8. The van der Waals surface area contributed by atoms with E-state index in [0.717, 1.165) is 33.1 Å². The van der Waals surface area contributed by atoms with Gasteiger partial charge in [-0.3, -0.25) is 8.71 Å². The Bertz CT molecular complexity index is 1400. The summed E-state index contributed by atoms with van der Waals surface area (Å²) in [6.45, 7) is 5.42. The molecule has 31 heavy (non-hydrogen) atoms. The molecule has 0 saturated heterocycles. The lowest BCUT2D eigenvalue weighted by Gasteiger charge is -2.26. The van der Waals surface area contributed by atoms with Crippen molar-refractivity contribution in [1.82, 2.24) is 14.6 Å². The van der Waals surface area contributed by atoms with Gasteiger partial charge >= 0.3 is 0 Å². The highest BCUT2D eigenvalue weighted by molar-refractivity contribution is 7.93. The maximum Gasteiger partial charge on any atom is 0.268 e. The van der Waals surface area contributed by atoms with Gasteiger partial charge in [0.15, 0.2) is 17.3 Å². The molecule has 160 valence electrons. The van der Waals surface area contributed by atoms with E-state index in [-0.39, 0.29) is 22.8 Å². The van der Waals surface area contributed by atoms with Crippen LogP contribution in [0.25, 0.3) is 5.65 Å². The summed E-state index contributed by atoms with van der Waals surface area (Å²) in [6, 6.07) is 11.7. The van der Waals surface area contributed by atoms with Crippen LogP contribution in [0.4, 0.5) is 14.5 Å². The van der Waals surface area contributed by atoms with Gasteiger partial charge in [0.1, 0.15) is 10.7 Å². The molecule has 0 aliphatic rings. The molecule has 0 spiro atoms. The molecule has 2 aromatic heterocycles. The molecule has 2 heterocycles. The number of sulfonamides is 1. The second-order valence-corrected chi connectivity index (χ2v) is 9.18. The summed E-state index contributed by atoms with van der Waals surface area (Å²) in [5, 5.41) is 7.96. The number of nitrogens with zero attached hydrogens (tertiary/aromatic N) is 4. The van der Waals surface area contributed by atoms with E-state index in [1.54, 1.807) is 23.6 Å². The smallest absolute Gasteiger partial charge is 0.268 e. The largest absolute Gasteiger partial charge is 0.286 e. The zero-order valence-electron chi connectivity index (χ0n) is 17.2. The van der Waals surface area contributed by atoms with Gasteiger partial charge in [0, 0.05) is 12.3 Å². The van der Waals surface area contributed by atoms with Crippen molar-refractivity contribution in [2.45, 2.75) is 32.2 Å². The van der Waals surface area contributed by atoms with Crippen molar-refractivity contribution in [3.05, 3.63) is 88.9 Å². The topological polar surface area (TPSA) is 67.6 Å². The molecule has 2 aromatic carbocycles. The Balaban J connectivity index is 1.92. The van der Waals surface area contributed by atoms with E-state index in [4.69, 9.17) is 0 Å². The standard InChI is InChI=1S/C22H20F2N4O2S/c1-14-6-7-15(2)17(11-14)13-28(18-8-9-19(23)20(24)12-18)31(29,30)21-5-4-10-27-16(3)25-26-22(21)27/h4-12H,13H2,1-3H3. The molecule has 6 nitrogen and oxygen atoms in total. The lowest BCUT2D eigenvalue weighted by atomic mass is 10.1. The summed E-state index contributed by atoms with van der Waals surface area (Å²) in [5.74, 6) is -1.65. The van der Waals surface area contributed by atoms with Gasteiger partial charge < -0.3 is 0 Å². The third-order valence-electron chi connectivity index (χ3n) is 5.15. The Morgan fingerprint density at radius 1 is 0.968 bits per heavy atom. The summed E-state index contributed by atoms with van der Waals surface area (Å²) in [4.78, 5) is -0.0781. The van der Waals surface area contributed by atoms with Crippen LogP contribution in [-0.4, -0.2) is 23.0 Å². The minimum Gasteiger partial charge on any atom is -0.286 e. The summed E-state index contributed by atoms with van der Waals surface area (Å²) >= 11 is 0. The molecule has 0 amide bonds. The molecule has 9 heteroatoms. The second-order valence-electron chi connectivity index (χ2n) is 7.35. The van der Waals surface area contributed by atoms with E-state index in [0.29, 0.717) is 5.82 Å². The maximum absolute atomic E-state index is 14.0. The number of fused-ring (bicyclic) bond motifs is 1. The summed E-state index contributed by atoms with van der Waals surface area (Å²) in [7, 11) is -4.20. The molecule has 0 N–H and O–H groups in total. The Kier molecular flexibility index (Phi) is 5.22. The highest BCUT2D eigenvalue weighted by atomic mass is 32.2. The van der Waals surface area contributed by atoms with Crippen LogP contribution in [0.15, 0.2) is 59.6 Å². The van der Waals surface area contributed by atoms with Gasteiger partial charge in [-0.15, -0.1) is 10.2 Å². The Hall–Kier alpha value is -3.33. The Morgan fingerprint density at radius 3 is 2.48 bits per heavy atom. The molecule has 0 aliphatic carbocycles. The first-order chi connectivity index (χ1) is 14.7. The highest BCUT2D eigenvalue weighted by Crippen LogP contribution is 2.30. The summed E-state index contributed by atoms with van der Waals surface area (Å²) in [6.07, 6.45) is 1.66.